The first-order chi connectivity index (χ1) is 15.7. The molecule has 0 aliphatic heterocycles. The van der Waals surface area contributed by atoms with E-state index in [2.05, 4.69) is 81.0 Å². The molecule has 0 spiro atoms. The minimum atomic E-state index is -0.297. The molecule has 1 atom stereocenters. The number of hydrogen-bond acceptors (Lipinski definition) is 4. The zero-order chi connectivity index (χ0) is 23.6. The van der Waals surface area contributed by atoms with Gasteiger partial charge in [0.25, 0.3) is 0 Å². The van der Waals surface area contributed by atoms with E-state index in [1.54, 1.807) is 0 Å². The summed E-state index contributed by atoms with van der Waals surface area (Å²) in [5.74, 6) is 0.852. The summed E-state index contributed by atoms with van der Waals surface area (Å²) in [5.41, 5.74) is 3.26. The van der Waals surface area contributed by atoms with Gasteiger partial charge in [0.2, 0.25) is 5.91 Å². The molecule has 1 fully saturated rings. The fourth-order valence-electron chi connectivity index (χ4n) is 4.15. The van der Waals surface area contributed by atoms with E-state index in [-0.39, 0.29) is 16.6 Å². The van der Waals surface area contributed by atoms with Crippen LogP contribution in [0.1, 0.15) is 65.0 Å². The minimum Gasteiger partial charge on any atom is -0.325 e. The van der Waals surface area contributed by atoms with Gasteiger partial charge in [0.15, 0.2) is 11.0 Å². The first-order valence-corrected chi connectivity index (χ1v) is 13.2. The average molecular weight is 528 g/mol. The van der Waals surface area contributed by atoms with Crippen molar-refractivity contribution in [2.24, 2.45) is 0 Å². The van der Waals surface area contributed by atoms with Crippen LogP contribution in [0, 0.1) is 0 Å². The molecule has 7 heteroatoms. The molecule has 1 saturated carbocycles. The number of aromatic nitrogens is 3. The van der Waals surface area contributed by atoms with Crippen LogP contribution in [0.3, 0.4) is 0 Å². The summed E-state index contributed by atoms with van der Waals surface area (Å²) in [6, 6.07) is 16.7. The van der Waals surface area contributed by atoms with Crippen molar-refractivity contribution < 1.29 is 4.79 Å². The molecule has 3 aromatic rings. The van der Waals surface area contributed by atoms with Gasteiger partial charge >= 0.3 is 0 Å². The minimum absolute atomic E-state index is 0.0422. The van der Waals surface area contributed by atoms with E-state index in [9.17, 15) is 4.79 Å². The lowest BCUT2D eigenvalue weighted by molar-refractivity contribution is -0.115. The molecule has 1 aliphatic rings. The lowest BCUT2D eigenvalue weighted by atomic mass is 9.86. The summed E-state index contributed by atoms with van der Waals surface area (Å²) in [7, 11) is 0. The SMILES string of the molecule is C[C@H](Sc1nnc(-c2ccc(C(C)(C)C)cc2)n1C1CCCC1)C(=O)Nc1ccc(Br)cc1. The highest BCUT2D eigenvalue weighted by molar-refractivity contribution is 9.10. The maximum atomic E-state index is 12.8. The molecule has 4 rings (SSSR count). The lowest BCUT2D eigenvalue weighted by Crippen LogP contribution is -2.23. The molecule has 0 unspecified atom stereocenters. The number of thioether (sulfide) groups is 1. The molecule has 174 valence electrons. The van der Waals surface area contributed by atoms with E-state index in [1.165, 1.54) is 30.2 Å². The van der Waals surface area contributed by atoms with Gasteiger partial charge in [0.05, 0.1) is 5.25 Å². The third-order valence-electron chi connectivity index (χ3n) is 6.13. The van der Waals surface area contributed by atoms with Crippen molar-refractivity contribution >= 4 is 39.3 Å². The number of anilines is 1. The van der Waals surface area contributed by atoms with Crippen LogP contribution in [0.5, 0.6) is 0 Å². The summed E-state index contributed by atoms with van der Waals surface area (Å²) in [5, 5.41) is 12.6. The van der Waals surface area contributed by atoms with Gasteiger partial charge < -0.3 is 5.32 Å². The number of hydrogen-bond donors (Lipinski definition) is 1. The number of benzene rings is 2. The molecule has 1 N–H and O–H groups in total. The first kappa shape index (κ1) is 24.0. The van der Waals surface area contributed by atoms with E-state index in [0.29, 0.717) is 6.04 Å². The molecular weight excluding hydrogens is 496 g/mol. The van der Waals surface area contributed by atoms with E-state index >= 15 is 0 Å². The standard InChI is InChI=1S/C26H31BrN4OS/c1-17(24(32)28-21-15-13-20(27)14-16-21)33-25-30-29-23(31(25)22-7-5-6-8-22)18-9-11-19(12-10-18)26(2,3)4/h9-17,22H,5-8H2,1-4H3,(H,28,32)/t17-/m0/s1. The van der Waals surface area contributed by atoms with Gasteiger partial charge in [-0.2, -0.15) is 0 Å². The third-order valence-corrected chi connectivity index (χ3v) is 7.71. The van der Waals surface area contributed by atoms with Crippen molar-refractivity contribution in [3.05, 3.63) is 58.6 Å². The monoisotopic (exact) mass is 526 g/mol. The van der Waals surface area contributed by atoms with Crippen LogP contribution in [-0.2, 0) is 10.2 Å². The van der Waals surface area contributed by atoms with E-state index in [4.69, 9.17) is 0 Å². The van der Waals surface area contributed by atoms with Gasteiger partial charge in [-0.25, -0.2) is 0 Å². The second-order valence-electron chi connectivity index (χ2n) is 9.70. The van der Waals surface area contributed by atoms with Crippen LogP contribution >= 0.6 is 27.7 Å². The van der Waals surface area contributed by atoms with Crippen LogP contribution in [0.25, 0.3) is 11.4 Å². The molecule has 0 bridgehead atoms. The van der Waals surface area contributed by atoms with Gasteiger partial charge in [-0.3, -0.25) is 9.36 Å². The number of carbonyl (C=O) groups is 1. The van der Waals surface area contributed by atoms with Crippen molar-refractivity contribution in [3.63, 3.8) is 0 Å². The fourth-order valence-corrected chi connectivity index (χ4v) is 5.34. The largest absolute Gasteiger partial charge is 0.325 e. The number of nitrogens with one attached hydrogen (secondary N) is 1. The quantitative estimate of drug-likeness (QED) is 0.344. The molecule has 1 amide bonds. The molecular formula is C26H31BrN4OS. The van der Waals surface area contributed by atoms with Crippen LogP contribution in [0.15, 0.2) is 58.2 Å². The predicted molar refractivity (Wildman–Crippen MR) is 140 cm³/mol. The number of nitrogens with zero attached hydrogens (tertiary/aromatic N) is 3. The number of carbonyl (C=O) groups excluding carboxylic acids is 1. The maximum absolute atomic E-state index is 12.8. The molecule has 0 radical (unpaired) electrons. The molecule has 33 heavy (non-hydrogen) atoms. The van der Waals surface area contributed by atoms with Gasteiger partial charge in [-0.1, -0.05) is 85.6 Å². The number of rotatable bonds is 6. The highest BCUT2D eigenvalue weighted by Crippen LogP contribution is 2.38. The van der Waals surface area contributed by atoms with Crippen LogP contribution in [-0.4, -0.2) is 25.9 Å². The Bertz CT molecular complexity index is 1100. The van der Waals surface area contributed by atoms with Gasteiger partial charge in [-0.05, 0) is 55.0 Å². The Balaban J connectivity index is 1.57. The topological polar surface area (TPSA) is 59.8 Å². The molecule has 0 saturated heterocycles. The average Bonchev–Trinajstić information content (AvgIpc) is 3.44. The fraction of sp³-hybridized carbons (Fsp3) is 0.423. The Morgan fingerprint density at radius 3 is 2.30 bits per heavy atom. The van der Waals surface area contributed by atoms with Crippen molar-refractivity contribution in [1.82, 2.24) is 14.8 Å². The normalized spacial score (nSPS) is 15.5. The molecule has 5 nitrogen and oxygen atoms in total. The third kappa shape index (κ3) is 5.69. The Labute approximate surface area is 208 Å². The summed E-state index contributed by atoms with van der Waals surface area (Å²) >= 11 is 4.90. The van der Waals surface area contributed by atoms with Crippen LogP contribution < -0.4 is 5.32 Å². The highest BCUT2D eigenvalue weighted by atomic mass is 79.9. The second-order valence-corrected chi connectivity index (χ2v) is 11.9. The Kier molecular flexibility index (Phi) is 7.29. The highest BCUT2D eigenvalue weighted by Gasteiger charge is 2.27. The molecule has 1 aliphatic carbocycles. The van der Waals surface area contributed by atoms with Crippen molar-refractivity contribution in [2.45, 2.75) is 75.2 Å². The lowest BCUT2D eigenvalue weighted by Gasteiger charge is -2.20. The summed E-state index contributed by atoms with van der Waals surface area (Å²) < 4.78 is 3.25. The zero-order valence-corrected chi connectivity index (χ0v) is 22.0. The zero-order valence-electron chi connectivity index (χ0n) is 19.6. The smallest absolute Gasteiger partial charge is 0.237 e. The maximum Gasteiger partial charge on any atom is 0.237 e. The second kappa shape index (κ2) is 10.0. The van der Waals surface area contributed by atoms with E-state index in [1.807, 2.05) is 31.2 Å². The summed E-state index contributed by atoms with van der Waals surface area (Å²) in [6.45, 7) is 8.58. The Morgan fingerprint density at radius 1 is 1.06 bits per heavy atom. The molecule has 2 aromatic carbocycles. The van der Waals surface area contributed by atoms with Gasteiger partial charge in [0.1, 0.15) is 0 Å². The first-order valence-electron chi connectivity index (χ1n) is 11.5. The van der Waals surface area contributed by atoms with Gasteiger partial charge in [-0.15, -0.1) is 10.2 Å². The predicted octanol–water partition coefficient (Wildman–Crippen LogP) is 7.24. The van der Waals surface area contributed by atoms with Crippen molar-refractivity contribution in [1.29, 1.82) is 0 Å². The van der Waals surface area contributed by atoms with Crippen molar-refractivity contribution in [2.75, 3.05) is 5.32 Å². The Hall–Kier alpha value is -2.12. The van der Waals surface area contributed by atoms with Crippen molar-refractivity contribution in [3.8, 4) is 11.4 Å². The van der Waals surface area contributed by atoms with E-state index in [0.717, 1.165) is 39.5 Å². The van der Waals surface area contributed by atoms with E-state index < -0.39 is 0 Å². The Morgan fingerprint density at radius 2 is 1.70 bits per heavy atom. The number of amides is 1. The van der Waals surface area contributed by atoms with Crippen LogP contribution in [0.2, 0.25) is 0 Å². The molecule has 1 aromatic heterocycles. The van der Waals surface area contributed by atoms with Gasteiger partial charge in [0, 0.05) is 21.8 Å². The summed E-state index contributed by atoms with van der Waals surface area (Å²) in [6.07, 6.45) is 4.68. The number of halogens is 1. The summed E-state index contributed by atoms with van der Waals surface area (Å²) in [4.78, 5) is 12.8. The molecule has 1 heterocycles. The van der Waals surface area contributed by atoms with Crippen LogP contribution in [0.4, 0.5) is 5.69 Å².